The number of carbonyl (C=O) groups excluding carboxylic acids is 1. The van der Waals surface area contributed by atoms with Crippen molar-refractivity contribution in [1.29, 1.82) is 0 Å². The van der Waals surface area contributed by atoms with E-state index in [4.69, 9.17) is 21.1 Å². The first-order valence-electron chi connectivity index (χ1n) is 6.03. The second-order valence-electron chi connectivity index (χ2n) is 4.13. The summed E-state index contributed by atoms with van der Waals surface area (Å²) in [6.07, 6.45) is 0. The van der Waals surface area contributed by atoms with Crippen LogP contribution in [0.4, 0.5) is 5.69 Å². The maximum absolute atomic E-state index is 11.7. The van der Waals surface area contributed by atoms with Crippen LogP contribution < -0.4 is 5.32 Å². The fourth-order valence-corrected chi connectivity index (χ4v) is 2.71. The molecule has 7 heteroatoms. The molecule has 0 spiro atoms. The van der Waals surface area contributed by atoms with Gasteiger partial charge in [-0.3, -0.25) is 4.79 Å². The monoisotopic (exact) mass is 314 g/mol. The van der Waals surface area contributed by atoms with Crippen molar-refractivity contribution in [2.45, 2.75) is 6.92 Å². The normalized spacial score (nSPS) is 10.9. The highest BCUT2D eigenvalue weighted by molar-refractivity contribution is 7.18. The minimum absolute atomic E-state index is 0.0283. The third-order valence-electron chi connectivity index (χ3n) is 2.52. The number of hydrogen-bond acceptors (Lipinski definition) is 5. The second kappa shape index (κ2) is 6.99. The van der Waals surface area contributed by atoms with Crippen LogP contribution in [-0.4, -0.2) is 37.8 Å². The van der Waals surface area contributed by atoms with E-state index in [0.29, 0.717) is 23.9 Å². The Bertz CT molecular complexity index is 615. The predicted molar refractivity (Wildman–Crippen MR) is 80.7 cm³/mol. The number of halogens is 1. The van der Waals surface area contributed by atoms with Crippen LogP contribution in [0, 0.1) is 6.92 Å². The van der Waals surface area contributed by atoms with Gasteiger partial charge in [-0.25, -0.2) is 4.98 Å². The van der Waals surface area contributed by atoms with Gasteiger partial charge >= 0.3 is 0 Å². The lowest BCUT2D eigenvalue weighted by atomic mass is 10.3. The lowest BCUT2D eigenvalue weighted by molar-refractivity contribution is -0.121. The van der Waals surface area contributed by atoms with Crippen molar-refractivity contribution in [2.75, 3.05) is 32.2 Å². The predicted octanol–water partition coefficient (Wildman–Crippen LogP) is 2.86. The number of ether oxygens (including phenoxy) is 2. The fourth-order valence-electron chi connectivity index (χ4n) is 1.65. The van der Waals surface area contributed by atoms with Gasteiger partial charge < -0.3 is 14.8 Å². The summed E-state index contributed by atoms with van der Waals surface area (Å²) in [6.45, 7) is 2.74. The van der Waals surface area contributed by atoms with Crippen LogP contribution in [0.25, 0.3) is 10.2 Å². The summed E-state index contributed by atoms with van der Waals surface area (Å²) in [4.78, 5) is 16.1. The number of nitrogens with one attached hydrogen (secondary N) is 1. The first kappa shape index (κ1) is 15.2. The van der Waals surface area contributed by atoms with Gasteiger partial charge in [0.05, 0.1) is 39.1 Å². The number of thiazole rings is 1. The molecule has 1 aromatic carbocycles. The quantitative estimate of drug-likeness (QED) is 0.833. The van der Waals surface area contributed by atoms with Gasteiger partial charge in [-0.2, -0.15) is 0 Å². The highest BCUT2D eigenvalue weighted by atomic mass is 35.5. The number of fused-ring (bicyclic) bond motifs is 1. The zero-order chi connectivity index (χ0) is 14.5. The largest absolute Gasteiger partial charge is 0.382 e. The van der Waals surface area contributed by atoms with Crippen LogP contribution in [0.1, 0.15) is 5.01 Å². The molecule has 0 saturated heterocycles. The lowest BCUT2D eigenvalue weighted by Crippen LogP contribution is -2.19. The van der Waals surface area contributed by atoms with Crippen LogP contribution in [0.3, 0.4) is 0 Å². The van der Waals surface area contributed by atoms with Gasteiger partial charge in [-0.05, 0) is 19.1 Å². The number of aryl methyl sites for hydroxylation is 1. The van der Waals surface area contributed by atoms with E-state index in [-0.39, 0.29) is 12.5 Å². The molecule has 108 valence electrons. The van der Waals surface area contributed by atoms with Crippen molar-refractivity contribution in [3.63, 3.8) is 0 Å². The van der Waals surface area contributed by atoms with Crippen molar-refractivity contribution < 1.29 is 14.3 Å². The number of rotatable bonds is 6. The molecule has 0 unspecified atom stereocenters. The van der Waals surface area contributed by atoms with Crippen molar-refractivity contribution >= 4 is 44.7 Å². The molecular weight excluding hydrogens is 300 g/mol. The Hall–Kier alpha value is -1.21. The number of nitrogens with zero attached hydrogens (tertiary/aromatic N) is 1. The summed E-state index contributed by atoms with van der Waals surface area (Å²) in [6, 6.07) is 3.58. The number of carbonyl (C=O) groups is 1. The summed E-state index contributed by atoms with van der Waals surface area (Å²) in [5, 5.41) is 4.16. The number of amides is 1. The Morgan fingerprint density at radius 3 is 3.00 bits per heavy atom. The molecule has 1 heterocycles. The second-order valence-corrected chi connectivity index (χ2v) is 5.77. The van der Waals surface area contributed by atoms with Crippen LogP contribution in [-0.2, 0) is 14.3 Å². The molecule has 0 fully saturated rings. The number of benzene rings is 1. The third-order valence-corrected chi connectivity index (χ3v) is 3.77. The van der Waals surface area contributed by atoms with E-state index in [1.807, 2.05) is 13.0 Å². The van der Waals surface area contributed by atoms with Gasteiger partial charge in [0.15, 0.2) is 0 Å². The SMILES string of the molecule is COCCOCC(=O)Nc1cc2sc(C)nc2cc1Cl. The van der Waals surface area contributed by atoms with E-state index < -0.39 is 0 Å². The van der Waals surface area contributed by atoms with Gasteiger partial charge in [-0.1, -0.05) is 11.6 Å². The molecule has 1 amide bonds. The van der Waals surface area contributed by atoms with Crippen molar-refractivity contribution in [3.05, 3.63) is 22.2 Å². The summed E-state index contributed by atoms with van der Waals surface area (Å²) in [7, 11) is 1.58. The average Bonchev–Trinajstić information content (AvgIpc) is 2.74. The molecule has 0 atom stereocenters. The molecule has 0 aliphatic carbocycles. The van der Waals surface area contributed by atoms with E-state index in [0.717, 1.165) is 15.2 Å². The molecule has 0 saturated carbocycles. The Morgan fingerprint density at radius 1 is 1.45 bits per heavy atom. The molecule has 1 N–H and O–H groups in total. The zero-order valence-electron chi connectivity index (χ0n) is 11.2. The first-order chi connectivity index (χ1) is 9.60. The Labute approximate surface area is 125 Å². The van der Waals surface area contributed by atoms with Crippen LogP contribution >= 0.6 is 22.9 Å². The molecule has 2 rings (SSSR count). The maximum atomic E-state index is 11.7. The Balaban J connectivity index is 2.01. The minimum Gasteiger partial charge on any atom is -0.382 e. The highest BCUT2D eigenvalue weighted by Crippen LogP contribution is 2.31. The summed E-state index contributed by atoms with van der Waals surface area (Å²) in [5.41, 5.74) is 1.41. The summed E-state index contributed by atoms with van der Waals surface area (Å²) in [5.74, 6) is -0.247. The standard InChI is InChI=1S/C13H15ClN2O3S/c1-8-15-11-5-9(14)10(6-12(11)20-8)16-13(17)7-19-4-3-18-2/h5-6H,3-4,7H2,1-2H3,(H,16,17). The van der Waals surface area contributed by atoms with Gasteiger partial charge in [-0.15, -0.1) is 11.3 Å². The number of methoxy groups -OCH3 is 1. The van der Waals surface area contributed by atoms with E-state index in [1.54, 1.807) is 24.5 Å². The van der Waals surface area contributed by atoms with Gasteiger partial charge in [0.2, 0.25) is 5.91 Å². The number of hydrogen-bond donors (Lipinski definition) is 1. The Morgan fingerprint density at radius 2 is 2.25 bits per heavy atom. The first-order valence-corrected chi connectivity index (χ1v) is 7.23. The minimum atomic E-state index is -0.247. The molecular formula is C13H15ClN2O3S. The molecule has 1 aromatic heterocycles. The van der Waals surface area contributed by atoms with Gasteiger partial charge in [0, 0.05) is 7.11 Å². The van der Waals surface area contributed by atoms with Crippen LogP contribution in [0.5, 0.6) is 0 Å². The fraction of sp³-hybridized carbons (Fsp3) is 0.385. The van der Waals surface area contributed by atoms with Crippen molar-refractivity contribution in [2.24, 2.45) is 0 Å². The van der Waals surface area contributed by atoms with Gasteiger partial charge in [0.25, 0.3) is 0 Å². The number of anilines is 1. The summed E-state index contributed by atoms with van der Waals surface area (Å²) < 4.78 is 11.0. The third kappa shape index (κ3) is 3.89. The average molecular weight is 315 g/mol. The zero-order valence-corrected chi connectivity index (χ0v) is 12.8. The molecule has 5 nitrogen and oxygen atoms in total. The summed E-state index contributed by atoms with van der Waals surface area (Å²) >= 11 is 7.69. The topological polar surface area (TPSA) is 60.5 Å². The molecule has 0 radical (unpaired) electrons. The van der Waals surface area contributed by atoms with E-state index in [1.165, 1.54) is 0 Å². The van der Waals surface area contributed by atoms with Crippen LogP contribution in [0.2, 0.25) is 5.02 Å². The number of aromatic nitrogens is 1. The lowest BCUT2D eigenvalue weighted by Gasteiger charge is -2.07. The van der Waals surface area contributed by atoms with Crippen LogP contribution in [0.15, 0.2) is 12.1 Å². The maximum Gasteiger partial charge on any atom is 0.250 e. The molecule has 0 aliphatic heterocycles. The van der Waals surface area contributed by atoms with E-state index in [2.05, 4.69) is 10.3 Å². The smallest absolute Gasteiger partial charge is 0.250 e. The van der Waals surface area contributed by atoms with Gasteiger partial charge in [0.1, 0.15) is 6.61 Å². The van der Waals surface area contributed by atoms with Crippen molar-refractivity contribution in [1.82, 2.24) is 4.98 Å². The highest BCUT2D eigenvalue weighted by Gasteiger charge is 2.10. The molecule has 0 bridgehead atoms. The van der Waals surface area contributed by atoms with Crippen molar-refractivity contribution in [3.8, 4) is 0 Å². The van der Waals surface area contributed by atoms with E-state index >= 15 is 0 Å². The Kier molecular flexibility index (Phi) is 5.31. The molecule has 0 aliphatic rings. The molecule has 2 aromatic rings. The molecule has 20 heavy (non-hydrogen) atoms. The van der Waals surface area contributed by atoms with E-state index in [9.17, 15) is 4.79 Å².